The average molecular weight is 299 g/mol. The summed E-state index contributed by atoms with van der Waals surface area (Å²) < 4.78 is 0. The fourth-order valence-corrected chi connectivity index (χ4v) is 2.62. The first-order valence-electron chi connectivity index (χ1n) is 6.41. The maximum absolute atomic E-state index is 11.9. The fourth-order valence-electron chi connectivity index (χ4n) is 1.72. The number of hydrogen-bond acceptors (Lipinski definition) is 4. The van der Waals surface area contributed by atoms with E-state index in [4.69, 9.17) is 5.11 Å². The molecule has 0 bridgehead atoms. The van der Waals surface area contributed by atoms with Gasteiger partial charge in [-0.2, -0.15) is 0 Å². The van der Waals surface area contributed by atoms with Crippen LogP contribution in [0.3, 0.4) is 0 Å². The minimum Gasteiger partial charge on any atom is -0.480 e. The number of amides is 2. The summed E-state index contributed by atoms with van der Waals surface area (Å²) in [5.74, 6) is -1.06. The number of thiazole rings is 1. The van der Waals surface area contributed by atoms with Gasteiger partial charge < -0.3 is 10.4 Å². The minimum atomic E-state index is -1.06. The molecule has 0 aromatic carbocycles. The van der Waals surface area contributed by atoms with Crippen molar-refractivity contribution in [1.82, 2.24) is 10.3 Å². The van der Waals surface area contributed by atoms with E-state index in [1.807, 2.05) is 13.8 Å². The molecule has 20 heavy (non-hydrogen) atoms. The highest BCUT2D eigenvalue weighted by Crippen LogP contribution is 2.23. The smallest absolute Gasteiger partial charge is 0.326 e. The molecule has 0 aliphatic carbocycles. The van der Waals surface area contributed by atoms with Gasteiger partial charge in [-0.25, -0.2) is 14.6 Å². The summed E-state index contributed by atoms with van der Waals surface area (Å²) in [6.07, 6.45) is 0.797. The lowest BCUT2D eigenvalue weighted by Gasteiger charge is -2.27. The highest BCUT2D eigenvalue weighted by molar-refractivity contribution is 7.15. The summed E-state index contributed by atoms with van der Waals surface area (Å²) in [6.45, 7) is 9.21. The lowest BCUT2D eigenvalue weighted by atomic mass is 9.87. The molecule has 3 N–H and O–H groups in total. The second kappa shape index (κ2) is 6.21. The second-order valence-corrected chi connectivity index (χ2v) is 6.81. The molecule has 0 saturated carbocycles. The van der Waals surface area contributed by atoms with Crippen LogP contribution in [-0.2, 0) is 11.2 Å². The monoisotopic (exact) mass is 299 g/mol. The molecule has 7 heteroatoms. The molecule has 1 rings (SSSR count). The number of nitrogens with zero attached hydrogens (tertiary/aromatic N) is 1. The Morgan fingerprint density at radius 2 is 2.00 bits per heavy atom. The SMILES string of the molecule is CCc1nc(NC(=O)N[C@@H](C(=O)O)C(C)(C)C)sc1C. The molecule has 0 aliphatic rings. The predicted octanol–water partition coefficient (Wildman–Crippen LogP) is 2.63. The van der Waals surface area contributed by atoms with E-state index in [2.05, 4.69) is 15.6 Å². The Bertz CT molecular complexity index is 505. The number of carboxylic acids is 1. The van der Waals surface area contributed by atoms with Crippen LogP contribution in [0.1, 0.15) is 38.3 Å². The highest BCUT2D eigenvalue weighted by Gasteiger charge is 2.32. The van der Waals surface area contributed by atoms with Crippen LogP contribution in [-0.4, -0.2) is 28.1 Å². The molecule has 6 nitrogen and oxygen atoms in total. The van der Waals surface area contributed by atoms with Gasteiger partial charge in [-0.3, -0.25) is 5.32 Å². The van der Waals surface area contributed by atoms with Crippen LogP contribution in [0.15, 0.2) is 0 Å². The van der Waals surface area contributed by atoms with E-state index in [0.717, 1.165) is 17.0 Å². The Balaban J connectivity index is 2.73. The van der Waals surface area contributed by atoms with Crippen molar-refractivity contribution in [3.05, 3.63) is 10.6 Å². The zero-order valence-corrected chi connectivity index (χ0v) is 13.2. The lowest BCUT2D eigenvalue weighted by Crippen LogP contribution is -2.50. The van der Waals surface area contributed by atoms with Crippen LogP contribution in [0, 0.1) is 12.3 Å². The molecule has 0 spiro atoms. The van der Waals surface area contributed by atoms with E-state index in [1.165, 1.54) is 11.3 Å². The van der Waals surface area contributed by atoms with Crippen LogP contribution in [0.2, 0.25) is 0 Å². The van der Waals surface area contributed by atoms with Crippen molar-refractivity contribution in [2.24, 2.45) is 5.41 Å². The summed E-state index contributed by atoms with van der Waals surface area (Å²) in [5.41, 5.74) is 0.368. The van der Waals surface area contributed by atoms with Gasteiger partial charge in [0.2, 0.25) is 0 Å². The quantitative estimate of drug-likeness (QED) is 0.797. The van der Waals surface area contributed by atoms with Gasteiger partial charge in [0.15, 0.2) is 5.13 Å². The van der Waals surface area contributed by atoms with Crippen LogP contribution in [0.25, 0.3) is 0 Å². The minimum absolute atomic E-state index is 0.481. The summed E-state index contributed by atoms with van der Waals surface area (Å²) in [6, 6.07) is -1.52. The second-order valence-electron chi connectivity index (χ2n) is 5.61. The van der Waals surface area contributed by atoms with Gasteiger partial charge in [0.1, 0.15) is 6.04 Å². The Kier molecular flexibility index (Phi) is 5.10. The standard InChI is InChI=1S/C13H21N3O3S/c1-6-8-7(2)20-12(14-8)16-11(19)15-9(10(17)18)13(3,4)5/h9H,6H2,1-5H3,(H,17,18)(H2,14,15,16,19)/t9-/m0/s1. The molecule has 1 aromatic heterocycles. The van der Waals surface area contributed by atoms with Gasteiger partial charge in [0.05, 0.1) is 5.69 Å². The van der Waals surface area contributed by atoms with Crippen molar-refractivity contribution >= 4 is 28.5 Å². The van der Waals surface area contributed by atoms with Crippen molar-refractivity contribution in [3.63, 3.8) is 0 Å². The number of nitrogens with one attached hydrogen (secondary N) is 2. The zero-order chi connectivity index (χ0) is 15.5. The van der Waals surface area contributed by atoms with Gasteiger partial charge in [-0.1, -0.05) is 27.7 Å². The number of aryl methyl sites for hydroxylation is 2. The molecule has 112 valence electrons. The molecule has 1 aromatic rings. The third-order valence-corrected chi connectivity index (χ3v) is 3.76. The van der Waals surface area contributed by atoms with Gasteiger partial charge >= 0.3 is 12.0 Å². The first kappa shape index (κ1) is 16.4. The Labute approximate surface area is 122 Å². The fraction of sp³-hybridized carbons (Fsp3) is 0.615. The molecule has 0 radical (unpaired) electrons. The van der Waals surface area contributed by atoms with Crippen molar-refractivity contribution < 1.29 is 14.7 Å². The molecule has 2 amide bonds. The van der Waals surface area contributed by atoms with Crippen molar-refractivity contribution in [3.8, 4) is 0 Å². The zero-order valence-electron chi connectivity index (χ0n) is 12.4. The lowest BCUT2D eigenvalue weighted by molar-refractivity contribution is -0.141. The molecular weight excluding hydrogens is 278 g/mol. The Morgan fingerprint density at radius 1 is 1.40 bits per heavy atom. The van der Waals surface area contributed by atoms with E-state index in [0.29, 0.717) is 5.13 Å². The van der Waals surface area contributed by atoms with E-state index in [1.54, 1.807) is 20.8 Å². The summed E-state index contributed by atoms with van der Waals surface area (Å²) in [5, 5.41) is 14.7. The topological polar surface area (TPSA) is 91.3 Å². The normalized spacial score (nSPS) is 12.8. The number of anilines is 1. The van der Waals surface area contributed by atoms with Crippen LogP contribution >= 0.6 is 11.3 Å². The van der Waals surface area contributed by atoms with Crippen LogP contribution < -0.4 is 10.6 Å². The summed E-state index contributed by atoms with van der Waals surface area (Å²) in [4.78, 5) is 28.4. The first-order chi connectivity index (χ1) is 9.15. The van der Waals surface area contributed by atoms with Crippen molar-refractivity contribution in [1.29, 1.82) is 0 Å². The Morgan fingerprint density at radius 3 is 2.40 bits per heavy atom. The predicted molar refractivity (Wildman–Crippen MR) is 79.3 cm³/mol. The number of aliphatic carboxylic acids is 1. The van der Waals surface area contributed by atoms with Crippen LogP contribution in [0.4, 0.5) is 9.93 Å². The summed E-state index contributed by atoms with van der Waals surface area (Å²) >= 11 is 1.38. The van der Waals surface area contributed by atoms with Crippen molar-refractivity contribution in [2.45, 2.75) is 47.1 Å². The van der Waals surface area contributed by atoms with Crippen LogP contribution in [0.5, 0.6) is 0 Å². The average Bonchev–Trinajstić information content (AvgIpc) is 2.64. The molecular formula is C13H21N3O3S. The van der Waals surface area contributed by atoms with E-state index in [9.17, 15) is 9.59 Å². The van der Waals surface area contributed by atoms with E-state index in [-0.39, 0.29) is 0 Å². The van der Waals surface area contributed by atoms with Gasteiger partial charge in [0.25, 0.3) is 0 Å². The number of rotatable bonds is 4. The summed E-state index contributed by atoms with van der Waals surface area (Å²) in [7, 11) is 0. The highest BCUT2D eigenvalue weighted by atomic mass is 32.1. The third kappa shape index (κ3) is 4.19. The van der Waals surface area contributed by atoms with E-state index >= 15 is 0 Å². The number of carboxylic acid groups (broad SMARTS) is 1. The number of carbonyl (C=O) groups is 2. The Hall–Kier alpha value is -1.63. The molecule has 0 aliphatic heterocycles. The largest absolute Gasteiger partial charge is 0.480 e. The molecule has 0 saturated heterocycles. The molecule has 0 unspecified atom stereocenters. The van der Waals surface area contributed by atoms with E-state index < -0.39 is 23.5 Å². The number of carbonyl (C=O) groups excluding carboxylic acids is 1. The number of aromatic nitrogens is 1. The van der Waals surface area contributed by atoms with Crippen molar-refractivity contribution in [2.75, 3.05) is 5.32 Å². The maximum atomic E-state index is 11.9. The first-order valence-corrected chi connectivity index (χ1v) is 7.23. The number of hydrogen-bond donors (Lipinski definition) is 3. The molecule has 0 fully saturated rings. The van der Waals surface area contributed by atoms with Gasteiger partial charge in [-0.05, 0) is 18.8 Å². The third-order valence-electron chi connectivity index (χ3n) is 2.84. The molecule has 1 atom stereocenters. The maximum Gasteiger partial charge on any atom is 0.326 e. The molecule has 1 heterocycles. The number of urea groups is 1. The van der Waals surface area contributed by atoms with Gasteiger partial charge in [0, 0.05) is 4.88 Å². The van der Waals surface area contributed by atoms with Gasteiger partial charge in [-0.15, -0.1) is 11.3 Å².